The lowest BCUT2D eigenvalue weighted by Crippen LogP contribution is -1.97. The average Bonchev–Trinajstić information content (AvgIpc) is 2.77. The van der Waals surface area contributed by atoms with Crippen molar-refractivity contribution in [3.63, 3.8) is 0 Å². The Morgan fingerprint density at radius 3 is 2.63 bits per heavy atom. The molecule has 0 amide bonds. The van der Waals surface area contributed by atoms with Crippen LogP contribution >= 0.6 is 0 Å². The fourth-order valence-corrected chi connectivity index (χ4v) is 2.27. The predicted molar refractivity (Wildman–Crippen MR) is 72.2 cm³/mol. The smallest absolute Gasteiger partial charge is 0.125 e. The molecule has 0 aliphatic heterocycles. The SMILES string of the molecule is N#Cc1cn(Cc2ccccc2)c2cc(F)ccc12. The molecule has 2 aromatic carbocycles. The van der Waals surface area contributed by atoms with Gasteiger partial charge in [-0.1, -0.05) is 30.3 Å². The summed E-state index contributed by atoms with van der Waals surface area (Å²) < 4.78 is 15.3. The van der Waals surface area contributed by atoms with E-state index >= 15 is 0 Å². The molecule has 19 heavy (non-hydrogen) atoms. The minimum Gasteiger partial charge on any atom is -0.342 e. The Balaban J connectivity index is 2.13. The standard InChI is InChI=1S/C16H11FN2/c17-14-6-7-15-13(9-18)11-19(16(15)8-14)10-12-4-2-1-3-5-12/h1-8,11H,10H2. The van der Waals surface area contributed by atoms with Crippen LogP contribution in [0.3, 0.4) is 0 Å². The van der Waals surface area contributed by atoms with Crippen LogP contribution < -0.4 is 0 Å². The number of halogens is 1. The second-order valence-electron chi connectivity index (χ2n) is 4.43. The van der Waals surface area contributed by atoms with Gasteiger partial charge in [0.2, 0.25) is 0 Å². The molecule has 0 atom stereocenters. The summed E-state index contributed by atoms with van der Waals surface area (Å²) in [7, 11) is 0. The van der Waals surface area contributed by atoms with Gasteiger partial charge in [0.05, 0.1) is 11.1 Å². The van der Waals surface area contributed by atoms with E-state index in [0.29, 0.717) is 12.1 Å². The molecule has 3 heteroatoms. The molecule has 0 radical (unpaired) electrons. The molecule has 92 valence electrons. The lowest BCUT2D eigenvalue weighted by atomic mass is 10.2. The minimum absolute atomic E-state index is 0.288. The van der Waals surface area contributed by atoms with E-state index in [0.717, 1.165) is 16.5 Å². The largest absolute Gasteiger partial charge is 0.342 e. The molecule has 0 saturated carbocycles. The van der Waals surface area contributed by atoms with Gasteiger partial charge in [0, 0.05) is 18.1 Å². The Hall–Kier alpha value is -2.60. The van der Waals surface area contributed by atoms with Gasteiger partial charge in [0.1, 0.15) is 11.9 Å². The fourth-order valence-electron chi connectivity index (χ4n) is 2.27. The second-order valence-corrected chi connectivity index (χ2v) is 4.43. The van der Waals surface area contributed by atoms with Crippen LogP contribution in [0.25, 0.3) is 10.9 Å². The Kier molecular flexibility index (Phi) is 2.77. The molecule has 0 spiro atoms. The minimum atomic E-state index is -0.288. The van der Waals surface area contributed by atoms with Gasteiger partial charge in [-0.2, -0.15) is 5.26 Å². The number of hydrogen-bond acceptors (Lipinski definition) is 1. The molecule has 0 aliphatic carbocycles. The zero-order valence-electron chi connectivity index (χ0n) is 10.2. The normalized spacial score (nSPS) is 10.5. The van der Waals surface area contributed by atoms with E-state index in [2.05, 4.69) is 6.07 Å². The maximum Gasteiger partial charge on any atom is 0.125 e. The highest BCUT2D eigenvalue weighted by atomic mass is 19.1. The number of hydrogen-bond donors (Lipinski definition) is 0. The zero-order chi connectivity index (χ0) is 13.2. The van der Waals surface area contributed by atoms with E-state index in [-0.39, 0.29) is 5.82 Å². The summed E-state index contributed by atoms with van der Waals surface area (Å²) >= 11 is 0. The van der Waals surface area contributed by atoms with Gasteiger partial charge in [-0.25, -0.2) is 4.39 Å². The molecule has 1 heterocycles. The molecule has 0 fully saturated rings. The van der Waals surface area contributed by atoms with Crippen molar-refractivity contribution in [2.24, 2.45) is 0 Å². The summed E-state index contributed by atoms with van der Waals surface area (Å²) in [6, 6.07) is 16.6. The molecule has 3 rings (SSSR count). The number of nitriles is 1. The van der Waals surface area contributed by atoms with Crippen molar-refractivity contribution in [1.82, 2.24) is 4.57 Å². The first-order valence-corrected chi connectivity index (χ1v) is 6.00. The fraction of sp³-hybridized carbons (Fsp3) is 0.0625. The summed E-state index contributed by atoms with van der Waals surface area (Å²) in [5, 5.41) is 9.92. The quantitative estimate of drug-likeness (QED) is 0.681. The van der Waals surface area contributed by atoms with Crippen LogP contribution in [0.5, 0.6) is 0 Å². The second kappa shape index (κ2) is 4.58. The van der Waals surface area contributed by atoms with Crippen molar-refractivity contribution in [2.75, 3.05) is 0 Å². The van der Waals surface area contributed by atoms with Crippen LogP contribution in [0.2, 0.25) is 0 Å². The summed E-state index contributed by atoms with van der Waals surface area (Å²) in [6.45, 7) is 0.627. The molecule has 0 unspecified atom stereocenters. The molecular weight excluding hydrogens is 239 g/mol. The maximum absolute atomic E-state index is 13.4. The van der Waals surface area contributed by atoms with Gasteiger partial charge in [-0.15, -0.1) is 0 Å². The highest BCUT2D eigenvalue weighted by Crippen LogP contribution is 2.22. The Morgan fingerprint density at radius 2 is 1.89 bits per heavy atom. The Morgan fingerprint density at radius 1 is 1.11 bits per heavy atom. The monoisotopic (exact) mass is 250 g/mol. The molecule has 1 aromatic heterocycles. The van der Waals surface area contributed by atoms with Crippen molar-refractivity contribution in [2.45, 2.75) is 6.54 Å². The molecule has 0 bridgehead atoms. The first kappa shape index (κ1) is 11.5. The third kappa shape index (κ3) is 2.09. The van der Waals surface area contributed by atoms with Gasteiger partial charge < -0.3 is 4.57 Å². The first-order chi connectivity index (χ1) is 9.28. The highest BCUT2D eigenvalue weighted by molar-refractivity contribution is 5.86. The average molecular weight is 250 g/mol. The molecule has 0 aliphatic rings. The molecule has 2 nitrogen and oxygen atoms in total. The number of fused-ring (bicyclic) bond motifs is 1. The number of aromatic nitrogens is 1. The molecular formula is C16H11FN2. The predicted octanol–water partition coefficient (Wildman–Crippen LogP) is 3.70. The number of nitrogens with zero attached hydrogens (tertiary/aromatic N) is 2. The lowest BCUT2D eigenvalue weighted by molar-refractivity contribution is 0.628. The van der Waals surface area contributed by atoms with E-state index in [9.17, 15) is 4.39 Å². The van der Waals surface area contributed by atoms with Crippen molar-refractivity contribution >= 4 is 10.9 Å². The molecule has 0 saturated heterocycles. The van der Waals surface area contributed by atoms with Gasteiger partial charge in [-0.3, -0.25) is 0 Å². The van der Waals surface area contributed by atoms with Crippen LogP contribution in [0.1, 0.15) is 11.1 Å². The van der Waals surface area contributed by atoms with Gasteiger partial charge in [0.15, 0.2) is 0 Å². The molecule has 3 aromatic rings. The highest BCUT2D eigenvalue weighted by Gasteiger charge is 2.09. The number of benzene rings is 2. The van der Waals surface area contributed by atoms with Gasteiger partial charge in [0.25, 0.3) is 0 Å². The summed E-state index contributed by atoms with van der Waals surface area (Å²) in [6.07, 6.45) is 1.77. The van der Waals surface area contributed by atoms with Crippen molar-refractivity contribution in [3.05, 3.63) is 71.7 Å². The van der Waals surface area contributed by atoms with Crippen LogP contribution in [0.15, 0.2) is 54.7 Å². The summed E-state index contributed by atoms with van der Waals surface area (Å²) in [5.74, 6) is -0.288. The van der Waals surface area contributed by atoms with Crippen LogP contribution in [-0.4, -0.2) is 4.57 Å². The van der Waals surface area contributed by atoms with Gasteiger partial charge in [-0.05, 0) is 23.8 Å². The van der Waals surface area contributed by atoms with Crippen LogP contribution in [-0.2, 0) is 6.54 Å². The van der Waals surface area contributed by atoms with E-state index in [1.54, 1.807) is 12.3 Å². The van der Waals surface area contributed by atoms with Crippen LogP contribution in [0.4, 0.5) is 4.39 Å². The lowest BCUT2D eigenvalue weighted by Gasteiger charge is -2.05. The van der Waals surface area contributed by atoms with Gasteiger partial charge >= 0.3 is 0 Å². The zero-order valence-corrected chi connectivity index (χ0v) is 10.2. The third-order valence-electron chi connectivity index (χ3n) is 3.16. The topological polar surface area (TPSA) is 28.7 Å². The molecule has 0 N–H and O–H groups in total. The Bertz CT molecular complexity index is 767. The summed E-state index contributed by atoms with van der Waals surface area (Å²) in [5.41, 5.74) is 2.44. The van der Waals surface area contributed by atoms with Crippen molar-refractivity contribution in [3.8, 4) is 6.07 Å². The van der Waals surface area contributed by atoms with Crippen LogP contribution in [0, 0.1) is 17.1 Å². The first-order valence-electron chi connectivity index (χ1n) is 6.00. The van der Waals surface area contributed by atoms with E-state index in [1.165, 1.54) is 12.1 Å². The van der Waals surface area contributed by atoms with E-state index in [1.807, 2.05) is 34.9 Å². The van der Waals surface area contributed by atoms with Crippen molar-refractivity contribution in [1.29, 1.82) is 5.26 Å². The summed E-state index contributed by atoms with van der Waals surface area (Å²) in [4.78, 5) is 0. The van der Waals surface area contributed by atoms with E-state index in [4.69, 9.17) is 5.26 Å². The third-order valence-corrected chi connectivity index (χ3v) is 3.16. The number of rotatable bonds is 2. The van der Waals surface area contributed by atoms with Crippen molar-refractivity contribution < 1.29 is 4.39 Å². The van der Waals surface area contributed by atoms with E-state index < -0.39 is 0 Å². The maximum atomic E-state index is 13.4. The Labute approximate surface area is 110 Å².